The summed E-state index contributed by atoms with van der Waals surface area (Å²) >= 11 is 0. The molecule has 0 aliphatic heterocycles. The van der Waals surface area contributed by atoms with Gasteiger partial charge in [-0.25, -0.2) is 0 Å². The molecule has 0 aliphatic rings. The molecule has 1 aromatic heterocycles. The molecule has 1 rings (SSSR count). The molecular weight excluding hydrogens is 220 g/mol. The lowest BCUT2D eigenvalue weighted by molar-refractivity contribution is -0.119. The first kappa shape index (κ1) is 13.8. The molecule has 0 saturated carbocycles. The van der Waals surface area contributed by atoms with Crippen LogP contribution in [0.5, 0.6) is 0 Å². The molecule has 0 fully saturated rings. The standard InChI is InChI=1S/C12H20N2O3/c1-4-5-16-8-11-13-12(17-14-11)7-10(15)6-9(2)3/h9H,4-8H2,1-3H3. The van der Waals surface area contributed by atoms with Crippen molar-refractivity contribution in [3.63, 3.8) is 0 Å². The number of rotatable bonds is 8. The number of hydrogen-bond acceptors (Lipinski definition) is 5. The molecule has 96 valence electrons. The maximum Gasteiger partial charge on any atom is 0.234 e. The zero-order valence-corrected chi connectivity index (χ0v) is 10.7. The van der Waals surface area contributed by atoms with E-state index in [1.54, 1.807) is 0 Å². The Morgan fingerprint density at radius 1 is 1.47 bits per heavy atom. The molecule has 0 bridgehead atoms. The van der Waals surface area contributed by atoms with Gasteiger partial charge in [0, 0.05) is 13.0 Å². The van der Waals surface area contributed by atoms with Crippen molar-refractivity contribution < 1.29 is 14.1 Å². The van der Waals surface area contributed by atoms with Crippen molar-refractivity contribution in [2.24, 2.45) is 5.92 Å². The quantitative estimate of drug-likeness (QED) is 0.651. The van der Waals surface area contributed by atoms with E-state index in [1.165, 1.54) is 0 Å². The summed E-state index contributed by atoms with van der Waals surface area (Å²) in [5.41, 5.74) is 0. The van der Waals surface area contributed by atoms with Gasteiger partial charge in [-0.3, -0.25) is 4.79 Å². The Balaban J connectivity index is 2.37. The predicted molar refractivity (Wildman–Crippen MR) is 62.4 cm³/mol. The van der Waals surface area contributed by atoms with Crippen LogP contribution in [0.25, 0.3) is 0 Å². The topological polar surface area (TPSA) is 65.2 Å². The van der Waals surface area contributed by atoms with Crippen molar-refractivity contribution in [3.05, 3.63) is 11.7 Å². The fraction of sp³-hybridized carbons (Fsp3) is 0.750. The number of Topliss-reactive ketones (excluding diaryl/α,β-unsaturated/α-hetero) is 1. The summed E-state index contributed by atoms with van der Waals surface area (Å²) in [5, 5.41) is 3.76. The van der Waals surface area contributed by atoms with E-state index >= 15 is 0 Å². The predicted octanol–water partition coefficient (Wildman–Crippen LogP) is 2.15. The van der Waals surface area contributed by atoms with Crippen LogP contribution in [-0.4, -0.2) is 22.5 Å². The van der Waals surface area contributed by atoms with Crippen LogP contribution in [0.2, 0.25) is 0 Å². The highest BCUT2D eigenvalue weighted by Crippen LogP contribution is 2.06. The molecule has 0 spiro atoms. The second kappa shape index (κ2) is 7.17. The van der Waals surface area contributed by atoms with Crippen LogP contribution in [0.15, 0.2) is 4.52 Å². The molecule has 0 saturated heterocycles. The zero-order chi connectivity index (χ0) is 12.7. The smallest absolute Gasteiger partial charge is 0.234 e. The first-order valence-electron chi connectivity index (χ1n) is 6.02. The number of carbonyl (C=O) groups excluding carboxylic acids is 1. The Kier molecular flexibility index (Phi) is 5.83. The Morgan fingerprint density at radius 2 is 2.24 bits per heavy atom. The van der Waals surface area contributed by atoms with Crippen molar-refractivity contribution in [2.45, 2.75) is 46.6 Å². The fourth-order valence-corrected chi connectivity index (χ4v) is 1.42. The number of carbonyl (C=O) groups is 1. The van der Waals surface area contributed by atoms with Gasteiger partial charge < -0.3 is 9.26 Å². The van der Waals surface area contributed by atoms with Crippen LogP contribution in [-0.2, 0) is 22.6 Å². The third-order valence-electron chi connectivity index (χ3n) is 2.07. The largest absolute Gasteiger partial charge is 0.373 e. The first-order valence-corrected chi connectivity index (χ1v) is 6.02. The minimum Gasteiger partial charge on any atom is -0.373 e. The van der Waals surface area contributed by atoms with E-state index in [1.807, 2.05) is 20.8 Å². The fourth-order valence-electron chi connectivity index (χ4n) is 1.42. The molecule has 5 heteroatoms. The van der Waals surface area contributed by atoms with Crippen molar-refractivity contribution in [1.29, 1.82) is 0 Å². The summed E-state index contributed by atoms with van der Waals surface area (Å²) in [6, 6.07) is 0. The number of hydrogen-bond donors (Lipinski definition) is 0. The van der Waals surface area contributed by atoms with Crippen LogP contribution in [0.1, 0.15) is 45.3 Å². The molecule has 0 unspecified atom stereocenters. The summed E-state index contributed by atoms with van der Waals surface area (Å²) in [6.45, 7) is 7.07. The number of ketones is 1. The maximum absolute atomic E-state index is 11.5. The highest BCUT2D eigenvalue weighted by Gasteiger charge is 2.12. The maximum atomic E-state index is 11.5. The minimum absolute atomic E-state index is 0.129. The molecule has 17 heavy (non-hydrogen) atoms. The lowest BCUT2D eigenvalue weighted by Crippen LogP contribution is -2.06. The van der Waals surface area contributed by atoms with Gasteiger partial charge in [-0.2, -0.15) is 4.98 Å². The molecule has 0 aromatic carbocycles. The van der Waals surface area contributed by atoms with Crippen LogP contribution in [0, 0.1) is 5.92 Å². The van der Waals surface area contributed by atoms with E-state index in [9.17, 15) is 4.79 Å². The summed E-state index contributed by atoms with van der Waals surface area (Å²) in [7, 11) is 0. The summed E-state index contributed by atoms with van der Waals surface area (Å²) < 4.78 is 10.3. The SMILES string of the molecule is CCCOCc1noc(CC(=O)CC(C)C)n1. The summed E-state index contributed by atoms with van der Waals surface area (Å²) in [5.74, 6) is 1.37. The lowest BCUT2D eigenvalue weighted by Gasteiger charge is -2.00. The van der Waals surface area contributed by atoms with Gasteiger partial charge in [0.2, 0.25) is 5.89 Å². The number of nitrogens with zero attached hydrogens (tertiary/aromatic N) is 2. The summed E-state index contributed by atoms with van der Waals surface area (Å²) in [6.07, 6.45) is 1.72. The Hall–Kier alpha value is -1.23. The number of ether oxygens (including phenoxy) is 1. The Labute approximate surface area is 102 Å². The van der Waals surface area contributed by atoms with Gasteiger partial charge in [0.25, 0.3) is 0 Å². The second-order valence-electron chi connectivity index (χ2n) is 4.47. The number of aromatic nitrogens is 2. The van der Waals surface area contributed by atoms with Gasteiger partial charge in [0.05, 0.1) is 6.42 Å². The van der Waals surface area contributed by atoms with E-state index in [-0.39, 0.29) is 12.2 Å². The van der Waals surface area contributed by atoms with E-state index in [2.05, 4.69) is 10.1 Å². The molecule has 0 amide bonds. The van der Waals surface area contributed by atoms with Crippen LogP contribution >= 0.6 is 0 Å². The van der Waals surface area contributed by atoms with Crippen molar-refractivity contribution in [3.8, 4) is 0 Å². The first-order chi connectivity index (χ1) is 8.11. The second-order valence-corrected chi connectivity index (χ2v) is 4.47. The van der Waals surface area contributed by atoms with E-state index in [4.69, 9.17) is 9.26 Å². The lowest BCUT2D eigenvalue weighted by atomic mass is 10.1. The van der Waals surface area contributed by atoms with E-state index in [0.717, 1.165) is 6.42 Å². The minimum atomic E-state index is 0.129. The average molecular weight is 240 g/mol. The summed E-state index contributed by atoms with van der Waals surface area (Å²) in [4.78, 5) is 15.6. The molecule has 1 heterocycles. The van der Waals surface area contributed by atoms with Gasteiger partial charge in [-0.05, 0) is 12.3 Å². The van der Waals surface area contributed by atoms with Crippen molar-refractivity contribution in [2.75, 3.05) is 6.61 Å². The molecule has 0 aliphatic carbocycles. The van der Waals surface area contributed by atoms with Gasteiger partial charge in [-0.15, -0.1) is 0 Å². The average Bonchev–Trinajstić information content (AvgIpc) is 2.64. The Bertz CT molecular complexity index is 347. The molecule has 1 aromatic rings. The van der Waals surface area contributed by atoms with E-state index < -0.39 is 0 Å². The van der Waals surface area contributed by atoms with Gasteiger partial charge in [-0.1, -0.05) is 25.9 Å². The van der Waals surface area contributed by atoms with Gasteiger partial charge in [0.1, 0.15) is 12.4 Å². The molecule has 0 N–H and O–H groups in total. The highest BCUT2D eigenvalue weighted by atomic mass is 16.5. The monoisotopic (exact) mass is 240 g/mol. The van der Waals surface area contributed by atoms with Crippen LogP contribution < -0.4 is 0 Å². The van der Waals surface area contributed by atoms with Gasteiger partial charge >= 0.3 is 0 Å². The van der Waals surface area contributed by atoms with Crippen molar-refractivity contribution >= 4 is 5.78 Å². The normalized spacial score (nSPS) is 11.1. The van der Waals surface area contributed by atoms with Crippen LogP contribution in [0.4, 0.5) is 0 Å². The molecule has 0 radical (unpaired) electrons. The van der Waals surface area contributed by atoms with E-state index in [0.29, 0.717) is 37.3 Å². The molecule has 0 atom stereocenters. The van der Waals surface area contributed by atoms with Crippen molar-refractivity contribution in [1.82, 2.24) is 10.1 Å². The Morgan fingerprint density at radius 3 is 2.88 bits per heavy atom. The van der Waals surface area contributed by atoms with Gasteiger partial charge in [0.15, 0.2) is 5.82 Å². The highest BCUT2D eigenvalue weighted by molar-refractivity contribution is 5.80. The molecule has 5 nitrogen and oxygen atoms in total. The zero-order valence-electron chi connectivity index (χ0n) is 10.7. The van der Waals surface area contributed by atoms with Crippen LogP contribution in [0.3, 0.4) is 0 Å². The third-order valence-corrected chi connectivity index (χ3v) is 2.07. The third kappa shape index (κ3) is 5.58. The molecular formula is C12H20N2O3.